The second kappa shape index (κ2) is 7.59. The van der Waals surface area contributed by atoms with Crippen molar-refractivity contribution in [3.8, 4) is 11.3 Å². The first-order chi connectivity index (χ1) is 10.1. The highest BCUT2D eigenvalue weighted by molar-refractivity contribution is 5.90. The zero-order valence-electron chi connectivity index (χ0n) is 12.5. The molecule has 3 N–H and O–H groups in total. The third-order valence-corrected chi connectivity index (χ3v) is 3.11. The third-order valence-electron chi connectivity index (χ3n) is 3.11. The van der Waals surface area contributed by atoms with E-state index >= 15 is 0 Å². The summed E-state index contributed by atoms with van der Waals surface area (Å²) in [6.45, 7) is 5.06. The van der Waals surface area contributed by atoms with Crippen molar-refractivity contribution in [3.63, 3.8) is 0 Å². The lowest BCUT2D eigenvalue weighted by Crippen LogP contribution is -2.24. The number of hydrogen-bond donors (Lipinski definition) is 3. The zero-order chi connectivity index (χ0) is 15.1. The Kier molecular flexibility index (Phi) is 5.51. The first-order valence-electron chi connectivity index (χ1n) is 7.27. The fourth-order valence-electron chi connectivity index (χ4n) is 2.01. The van der Waals surface area contributed by atoms with Crippen LogP contribution in [0.1, 0.15) is 26.7 Å². The second-order valence-corrected chi connectivity index (χ2v) is 5.30. The largest absolute Gasteiger partial charge is 0.345 e. The molecule has 0 bridgehead atoms. The summed E-state index contributed by atoms with van der Waals surface area (Å²) >= 11 is 0. The molecule has 0 unspecified atom stereocenters. The van der Waals surface area contributed by atoms with E-state index in [1.165, 1.54) is 0 Å². The number of aromatic amines is 1. The standard InChI is InChI=1S/C16H22N4O/c1-12(2)18-9-3-4-16(21)20-14-7-5-13(6-8-14)15-10-17-11-19-15/h5-8,10-12,18H,3-4,9H2,1-2H3,(H,17,19)(H,20,21). The first kappa shape index (κ1) is 15.3. The predicted molar refractivity (Wildman–Crippen MR) is 85.0 cm³/mol. The summed E-state index contributed by atoms with van der Waals surface area (Å²) < 4.78 is 0. The van der Waals surface area contributed by atoms with E-state index in [9.17, 15) is 4.79 Å². The lowest BCUT2D eigenvalue weighted by molar-refractivity contribution is -0.116. The SMILES string of the molecule is CC(C)NCCCC(=O)Nc1ccc(-c2cnc[nH]2)cc1. The van der Waals surface area contributed by atoms with Gasteiger partial charge in [-0.15, -0.1) is 0 Å². The molecular weight excluding hydrogens is 264 g/mol. The van der Waals surface area contributed by atoms with E-state index in [-0.39, 0.29) is 5.91 Å². The molecular formula is C16H22N4O. The Labute approximate surface area is 125 Å². The van der Waals surface area contributed by atoms with Crippen LogP contribution in [0.5, 0.6) is 0 Å². The topological polar surface area (TPSA) is 69.8 Å². The van der Waals surface area contributed by atoms with Gasteiger partial charge in [-0.1, -0.05) is 26.0 Å². The van der Waals surface area contributed by atoms with E-state index in [4.69, 9.17) is 0 Å². The van der Waals surface area contributed by atoms with E-state index in [2.05, 4.69) is 34.4 Å². The first-order valence-corrected chi connectivity index (χ1v) is 7.27. The van der Waals surface area contributed by atoms with Crippen molar-refractivity contribution in [1.82, 2.24) is 15.3 Å². The van der Waals surface area contributed by atoms with Crippen molar-refractivity contribution in [2.45, 2.75) is 32.7 Å². The Morgan fingerprint density at radius 3 is 2.67 bits per heavy atom. The van der Waals surface area contributed by atoms with Crippen LogP contribution in [-0.2, 0) is 4.79 Å². The van der Waals surface area contributed by atoms with Crippen molar-refractivity contribution < 1.29 is 4.79 Å². The second-order valence-electron chi connectivity index (χ2n) is 5.30. The smallest absolute Gasteiger partial charge is 0.224 e. The van der Waals surface area contributed by atoms with E-state index in [1.807, 2.05) is 24.3 Å². The number of benzene rings is 1. The van der Waals surface area contributed by atoms with Gasteiger partial charge in [0, 0.05) is 18.2 Å². The molecule has 0 fully saturated rings. The number of imidazole rings is 1. The number of hydrogen-bond acceptors (Lipinski definition) is 3. The van der Waals surface area contributed by atoms with Crippen LogP contribution in [0.3, 0.4) is 0 Å². The van der Waals surface area contributed by atoms with Gasteiger partial charge in [-0.25, -0.2) is 4.98 Å². The molecule has 0 radical (unpaired) electrons. The van der Waals surface area contributed by atoms with Gasteiger partial charge in [0.2, 0.25) is 5.91 Å². The molecule has 2 aromatic rings. The average molecular weight is 286 g/mol. The number of nitrogens with one attached hydrogen (secondary N) is 3. The van der Waals surface area contributed by atoms with E-state index < -0.39 is 0 Å². The minimum Gasteiger partial charge on any atom is -0.345 e. The highest BCUT2D eigenvalue weighted by atomic mass is 16.1. The Hall–Kier alpha value is -2.14. The molecule has 2 rings (SSSR count). The summed E-state index contributed by atoms with van der Waals surface area (Å²) in [6.07, 6.45) is 4.80. The predicted octanol–water partition coefficient (Wildman–Crippen LogP) is 2.79. The van der Waals surface area contributed by atoms with Crippen LogP contribution in [0.4, 0.5) is 5.69 Å². The Balaban J connectivity index is 1.79. The van der Waals surface area contributed by atoms with Gasteiger partial charge >= 0.3 is 0 Å². The van der Waals surface area contributed by atoms with Gasteiger partial charge in [-0.05, 0) is 30.7 Å². The molecule has 0 saturated heterocycles. The molecule has 0 saturated carbocycles. The number of anilines is 1. The van der Waals surface area contributed by atoms with Gasteiger partial charge in [-0.3, -0.25) is 4.79 Å². The summed E-state index contributed by atoms with van der Waals surface area (Å²) in [5.41, 5.74) is 2.83. The van der Waals surface area contributed by atoms with Crippen LogP contribution in [0, 0.1) is 0 Å². The van der Waals surface area contributed by atoms with Gasteiger partial charge in [-0.2, -0.15) is 0 Å². The van der Waals surface area contributed by atoms with Crippen molar-refractivity contribution in [2.75, 3.05) is 11.9 Å². The maximum Gasteiger partial charge on any atom is 0.224 e. The Morgan fingerprint density at radius 1 is 1.29 bits per heavy atom. The van der Waals surface area contributed by atoms with Gasteiger partial charge in [0.15, 0.2) is 0 Å². The number of aromatic nitrogens is 2. The number of carbonyl (C=O) groups is 1. The number of carbonyl (C=O) groups excluding carboxylic acids is 1. The number of H-pyrrole nitrogens is 1. The van der Waals surface area contributed by atoms with Gasteiger partial charge in [0.25, 0.3) is 0 Å². The van der Waals surface area contributed by atoms with E-state index in [1.54, 1.807) is 12.5 Å². The molecule has 0 atom stereocenters. The summed E-state index contributed by atoms with van der Waals surface area (Å²) in [7, 11) is 0. The lowest BCUT2D eigenvalue weighted by Gasteiger charge is -2.08. The third kappa shape index (κ3) is 5.04. The molecule has 21 heavy (non-hydrogen) atoms. The van der Waals surface area contributed by atoms with Crippen LogP contribution in [0.15, 0.2) is 36.8 Å². The molecule has 0 aliphatic rings. The molecule has 0 spiro atoms. The average Bonchev–Trinajstić information content (AvgIpc) is 2.98. The summed E-state index contributed by atoms with van der Waals surface area (Å²) in [5, 5.41) is 6.21. The molecule has 1 heterocycles. The fraction of sp³-hybridized carbons (Fsp3) is 0.375. The molecule has 5 nitrogen and oxygen atoms in total. The van der Waals surface area contributed by atoms with E-state index in [0.717, 1.165) is 29.9 Å². The zero-order valence-corrected chi connectivity index (χ0v) is 12.5. The number of amides is 1. The minimum absolute atomic E-state index is 0.0508. The van der Waals surface area contributed by atoms with Crippen LogP contribution >= 0.6 is 0 Å². The van der Waals surface area contributed by atoms with Crippen molar-refractivity contribution in [3.05, 3.63) is 36.8 Å². The number of nitrogens with zero attached hydrogens (tertiary/aromatic N) is 1. The molecule has 5 heteroatoms. The molecule has 112 valence electrons. The maximum atomic E-state index is 11.8. The van der Waals surface area contributed by atoms with E-state index in [0.29, 0.717) is 12.5 Å². The van der Waals surface area contributed by atoms with Crippen molar-refractivity contribution in [2.24, 2.45) is 0 Å². The Morgan fingerprint density at radius 2 is 2.05 bits per heavy atom. The van der Waals surface area contributed by atoms with Crippen LogP contribution in [0.2, 0.25) is 0 Å². The van der Waals surface area contributed by atoms with Gasteiger partial charge in [0.1, 0.15) is 0 Å². The molecule has 1 aromatic heterocycles. The van der Waals surface area contributed by atoms with Gasteiger partial charge in [0.05, 0.1) is 18.2 Å². The summed E-state index contributed by atoms with van der Waals surface area (Å²) in [6, 6.07) is 8.19. The number of rotatable bonds is 7. The molecule has 1 aromatic carbocycles. The summed E-state index contributed by atoms with van der Waals surface area (Å²) in [5.74, 6) is 0.0508. The monoisotopic (exact) mass is 286 g/mol. The molecule has 0 aliphatic carbocycles. The van der Waals surface area contributed by atoms with Crippen molar-refractivity contribution in [1.29, 1.82) is 0 Å². The normalized spacial score (nSPS) is 10.8. The van der Waals surface area contributed by atoms with Crippen molar-refractivity contribution >= 4 is 11.6 Å². The fourth-order valence-corrected chi connectivity index (χ4v) is 2.01. The molecule has 1 amide bonds. The quantitative estimate of drug-likeness (QED) is 0.685. The Bertz CT molecular complexity index is 546. The summed E-state index contributed by atoms with van der Waals surface area (Å²) in [4.78, 5) is 18.9. The van der Waals surface area contributed by atoms with Crippen LogP contribution in [-0.4, -0.2) is 28.5 Å². The molecule has 0 aliphatic heterocycles. The van der Waals surface area contributed by atoms with Crippen LogP contribution in [0.25, 0.3) is 11.3 Å². The van der Waals surface area contributed by atoms with Gasteiger partial charge < -0.3 is 15.6 Å². The van der Waals surface area contributed by atoms with Crippen LogP contribution < -0.4 is 10.6 Å². The minimum atomic E-state index is 0.0508. The highest BCUT2D eigenvalue weighted by Crippen LogP contribution is 2.18. The highest BCUT2D eigenvalue weighted by Gasteiger charge is 2.04. The lowest BCUT2D eigenvalue weighted by atomic mass is 10.1. The maximum absolute atomic E-state index is 11.8.